The highest BCUT2D eigenvalue weighted by Gasteiger charge is 2.24. The number of carbonyl (C=O) groups is 1. The van der Waals surface area contributed by atoms with Crippen molar-refractivity contribution < 1.29 is 4.79 Å². The van der Waals surface area contributed by atoms with Crippen molar-refractivity contribution in [2.24, 2.45) is 12.1 Å². The van der Waals surface area contributed by atoms with Crippen molar-refractivity contribution in [3.05, 3.63) is 52.8 Å². The molecule has 0 spiro atoms. The van der Waals surface area contributed by atoms with Gasteiger partial charge in [-0.25, -0.2) is 15.0 Å². The molecule has 136 valence electrons. The average molecular weight is 362 g/mol. The average Bonchev–Trinajstić information content (AvgIpc) is 3.20. The van der Waals surface area contributed by atoms with E-state index >= 15 is 0 Å². The molecule has 0 N–H and O–H groups in total. The van der Waals surface area contributed by atoms with Crippen LogP contribution in [0.2, 0.25) is 0 Å². The molecular weight excluding hydrogens is 343 g/mol. The van der Waals surface area contributed by atoms with Gasteiger partial charge in [-0.2, -0.15) is 5.10 Å². The summed E-state index contributed by atoms with van der Waals surface area (Å²) in [6.45, 7) is 0.777. The van der Waals surface area contributed by atoms with Gasteiger partial charge in [0.2, 0.25) is 5.91 Å². The zero-order chi connectivity index (χ0) is 19.0. The van der Waals surface area contributed by atoms with E-state index in [-0.39, 0.29) is 24.4 Å². The number of hydrogen-bond donors (Lipinski definition) is 0. The fourth-order valence-corrected chi connectivity index (χ4v) is 3.16. The molecule has 0 bridgehead atoms. The highest BCUT2D eigenvalue weighted by molar-refractivity contribution is 6.32. The molecule has 0 saturated carbocycles. The van der Waals surface area contributed by atoms with Crippen molar-refractivity contribution in [1.82, 2.24) is 24.1 Å². The molecule has 0 atom stereocenters. The first kappa shape index (κ1) is 17.2. The van der Waals surface area contributed by atoms with Crippen molar-refractivity contribution in [1.29, 1.82) is 0 Å². The van der Waals surface area contributed by atoms with E-state index in [9.17, 15) is 9.59 Å². The van der Waals surface area contributed by atoms with E-state index in [0.717, 1.165) is 6.42 Å². The Morgan fingerprint density at radius 3 is 2.63 bits per heavy atom. The van der Waals surface area contributed by atoms with Gasteiger partial charge in [-0.05, 0) is 12.0 Å². The molecule has 8 nitrogen and oxygen atoms in total. The largest absolute Gasteiger partial charge is 0.328 e. The molecule has 0 saturated heterocycles. The Morgan fingerprint density at radius 2 is 1.85 bits per heavy atom. The number of fused-ring (bicyclic) bond motifs is 1. The monoisotopic (exact) mass is 362 g/mol. The highest BCUT2D eigenvalue weighted by Crippen LogP contribution is 2.11. The molecule has 27 heavy (non-hydrogen) atoms. The highest BCUT2D eigenvalue weighted by atomic mass is 16.2. The Kier molecular flexibility index (Phi) is 4.35. The van der Waals surface area contributed by atoms with Crippen molar-refractivity contribution in [3.8, 4) is 0 Å². The molecule has 1 aliphatic rings. The summed E-state index contributed by atoms with van der Waals surface area (Å²) in [6, 6.07) is 8.25. The third-order valence-corrected chi connectivity index (χ3v) is 4.69. The molecule has 0 fully saturated rings. The molecule has 1 amide bonds. The van der Waals surface area contributed by atoms with Gasteiger partial charge in [-0.1, -0.05) is 29.7 Å². The number of aryl methyl sites for hydroxylation is 1. The van der Waals surface area contributed by atoms with E-state index in [1.54, 1.807) is 17.9 Å². The van der Waals surface area contributed by atoms with Crippen LogP contribution in [0.25, 0.3) is 11.2 Å². The summed E-state index contributed by atoms with van der Waals surface area (Å²) in [7, 11) is 3.80. The summed E-state index contributed by atoms with van der Waals surface area (Å²) in [5.74, 6) is -0.0419. The van der Waals surface area contributed by atoms with Crippen LogP contribution < -0.4 is 11.0 Å². The molecular formula is C18H19BN6O2. The number of amides is 1. The standard InChI is InChI=1S/C18H19BN6O2/c1-23-10-20-17-16(23)18(27)24(11-21-17)9-14-8-15(26)25(22-14)7-6-12-2-4-13(19)5-3-12/h2-5,10-11H,6-9,19H2,1H3. The first-order valence-corrected chi connectivity index (χ1v) is 8.80. The van der Waals surface area contributed by atoms with Gasteiger partial charge in [0.15, 0.2) is 11.2 Å². The topological polar surface area (TPSA) is 85.4 Å². The Morgan fingerprint density at radius 1 is 1.11 bits per heavy atom. The number of carbonyl (C=O) groups excluding carboxylic acids is 1. The van der Waals surface area contributed by atoms with Crippen LogP contribution in [0.3, 0.4) is 0 Å². The minimum atomic E-state index is -0.187. The smallest absolute Gasteiger partial charge is 0.279 e. The molecule has 1 aliphatic heterocycles. The van der Waals surface area contributed by atoms with Gasteiger partial charge in [0.25, 0.3) is 5.56 Å². The maximum absolute atomic E-state index is 12.6. The second kappa shape index (κ2) is 6.83. The fourth-order valence-electron chi connectivity index (χ4n) is 3.16. The van der Waals surface area contributed by atoms with Crippen LogP contribution in [-0.4, -0.2) is 50.1 Å². The first-order valence-electron chi connectivity index (χ1n) is 8.80. The van der Waals surface area contributed by atoms with E-state index in [0.29, 0.717) is 23.4 Å². The molecule has 0 aliphatic carbocycles. The summed E-state index contributed by atoms with van der Waals surface area (Å²) in [5.41, 5.74) is 3.71. The van der Waals surface area contributed by atoms with Crippen molar-refractivity contribution in [2.45, 2.75) is 19.4 Å². The summed E-state index contributed by atoms with van der Waals surface area (Å²) < 4.78 is 3.12. The minimum Gasteiger partial charge on any atom is -0.328 e. The summed E-state index contributed by atoms with van der Waals surface area (Å²) >= 11 is 0. The quantitative estimate of drug-likeness (QED) is 0.558. The lowest BCUT2D eigenvalue weighted by Crippen LogP contribution is -2.25. The minimum absolute atomic E-state index is 0.0419. The third kappa shape index (κ3) is 3.40. The molecule has 2 aromatic heterocycles. The van der Waals surface area contributed by atoms with Gasteiger partial charge in [0.05, 0.1) is 25.0 Å². The maximum Gasteiger partial charge on any atom is 0.279 e. The molecule has 4 rings (SSSR count). The molecule has 9 heteroatoms. The summed E-state index contributed by atoms with van der Waals surface area (Å²) in [5, 5.41) is 5.92. The van der Waals surface area contributed by atoms with Crippen molar-refractivity contribution >= 4 is 36.1 Å². The number of imidazole rings is 1. The van der Waals surface area contributed by atoms with E-state index in [1.165, 1.54) is 26.9 Å². The number of benzene rings is 1. The van der Waals surface area contributed by atoms with E-state index in [1.807, 2.05) is 7.85 Å². The molecule has 3 aromatic rings. The summed E-state index contributed by atoms with van der Waals surface area (Å²) in [4.78, 5) is 33.1. The second-order valence-electron chi connectivity index (χ2n) is 6.80. The lowest BCUT2D eigenvalue weighted by Gasteiger charge is -2.11. The third-order valence-electron chi connectivity index (χ3n) is 4.69. The Hall–Kier alpha value is -3.23. The number of nitrogens with zero attached hydrogens (tertiary/aromatic N) is 6. The Bertz CT molecular complexity index is 1100. The molecule has 3 heterocycles. The zero-order valence-corrected chi connectivity index (χ0v) is 15.3. The zero-order valence-electron chi connectivity index (χ0n) is 15.3. The number of rotatable bonds is 5. The predicted octanol–water partition coefficient (Wildman–Crippen LogP) is -0.781. The van der Waals surface area contributed by atoms with Crippen LogP contribution in [-0.2, 0) is 24.8 Å². The second-order valence-corrected chi connectivity index (χ2v) is 6.80. The van der Waals surface area contributed by atoms with Gasteiger partial charge >= 0.3 is 0 Å². The lowest BCUT2D eigenvalue weighted by molar-refractivity contribution is -0.128. The van der Waals surface area contributed by atoms with Gasteiger partial charge in [-0.3, -0.25) is 14.2 Å². The molecule has 1 aromatic carbocycles. The number of hydrazone groups is 1. The first-order chi connectivity index (χ1) is 13.0. The van der Waals surface area contributed by atoms with Crippen LogP contribution >= 0.6 is 0 Å². The van der Waals surface area contributed by atoms with Gasteiger partial charge in [0, 0.05) is 13.6 Å². The maximum atomic E-state index is 12.6. The van der Waals surface area contributed by atoms with E-state index in [4.69, 9.17) is 0 Å². The van der Waals surface area contributed by atoms with E-state index < -0.39 is 0 Å². The van der Waals surface area contributed by atoms with E-state index in [2.05, 4.69) is 39.3 Å². The normalized spacial score (nSPS) is 14.2. The van der Waals surface area contributed by atoms with Crippen molar-refractivity contribution in [3.63, 3.8) is 0 Å². The van der Waals surface area contributed by atoms with Crippen LogP contribution in [0.5, 0.6) is 0 Å². The van der Waals surface area contributed by atoms with Gasteiger partial charge < -0.3 is 4.57 Å². The predicted molar refractivity (Wildman–Crippen MR) is 105 cm³/mol. The summed E-state index contributed by atoms with van der Waals surface area (Å²) in [6.07, 6.45) is 3.99. The van der Waals surface area contributed by atoms with Gasteiger partial charge in [-0.15, -0.1) is 0 Å². The fraction of sp³-hybridized carbons (Fsp3) is 0.278. The SMILES string of the molecule is Bc1ccc(CCN2N=C(Cn3cnc4ncn(C)c4c3=O)CC2=O)cc1. The van der Waals surface area contributed by atoms with Crippen LogP contribution in [0.4, 0.5) is 0 Å². The van der Waals surface area contributed by atoms with Crippen LogP contribution in [0.1, 0.15) is 12.0 Å². The molecule has 0 unspecified atom stereocenters. The number of aromatic nitrogens is 4. The molecule has 0 radical (unpaired) electrons. The number of hydrogen-bond acceptors (Lipinski definition) is 5. The lowest BCUT2D eigenvalue weighted by atomic mass is 9.95. The van der Waals surface area contributed by atoms with Crippen LogP contribution in [0.15, 0.2) is 46.8 Å². The Balaban J connectivity index is 1.48. The van der Waals surface area contributed by atoms with Gasteiger partial charge in [0.1, 0.15) is 14.2 Å². The van der Waals surface area contributed by atoms with Crippen molar-refractivity contribution in [2.75, 3.05) is 6.54 Å². The van der Waals surface area contributed by atoms with Crippen LogP contribution in [0, 0.1) is 0 Å². The Labute approximate surface area is 156 Å².